The fourth-order valence-corrected chi connectivity index (χ4v) is 2.03. The molecule has 0 heterocycles. The fraction of sp³-hybridized carbons (Fsp3) is 0.167. The number of rotatable bonds is 6. The number of ether oxygens (including phenoxy) is 1. The van der Waals surface area contributed by atoms with Gasteiger partial charge in [0, 0.05) is 17.8 Å². The van der Waals surface area contributed by atoms with Crippen molar-refractivity contribution in [3.63, 3.8) is 0 Å². The number of carbonyl (C=O) groups is 1. The molecule has 0 atom stereocenters. The van der Waals surface area contributed by atoms with Crippen LogP contribution in [0.1, 0.15) is 19.4 Å². The number of nitro benzene ring substituents is 1. The highest BCUT2D eigenvalue weighted by Gasteiger charge is 2.09. The molecule has 2 aromatic rings. The van der Waals surface area contributed by atoms with E-state index in [4.69, 9.17) is 4.74 Å². The average molecular weight is 326 g/mol. The second-order valence-corrected chi connectivity index (χ2v) is 5.33. The standard InChI is InChI=1S/C18H18N2O4/c1-13(2)24-16-10-8-15(9-11-16)19-18(21)12-7-14-5-3-4-6-17(14)20(22)23/h3-13H,1-2H3,(H,19,21)/b12-7+. The van der Waals surface area contributed by atoms with E-state index in [1.54, 1.807) is 42.5 Å². The molecule has 0 unspecified atom stereocenters. The molecule has 0 saturated heterocycles. The van der Waals surface area contributed by atoms with Crippen molar-refractivity contribution in [3.05, 3.63) is 70.3 Å². The number of carbonyl (C=O) groups excluding carboxylic acids is 1. The quantitative estimate of drug-likeness (QED) is 0.493. The highest BCUT2D eigenvalue weighted by Crippen LogP contribution is 2.19. The van der Waals surface area contributed by atoms with Crippen LogP contribution in [0.2, 0.25) is 0 Å². The topological polar surface area (TPSA) is 81.5 Å². The van der Waals surface area contributed by atoms with Crippen LogP contribution in [0.5, 0.6) is 5.75 Å². The molecule has 0 fully saturated rings. The monoisotopic (exact) mass is 326 g/mol. The molecule has 1 amide bonds. The van der Waals surface area contributed by atoms with Crippen molar-refractivity contribution in [2.75, 3.05) is 5.32 Å². The summed E-state index contributed by atoms with van der Waals surface area (Å²) in [5.41, 5.74) is 0.943. The van der Waals surface area contributed by atoms with E-state index in [0.29, 0.717) is 11.3 Å². The summed E-state index contributed by atoms with van der Waals surface area (Å²) in [6.45, 7) is 3.87. The fourth-order valence-electron chi connectivity index (χ4n) is 2.03. The summed E-state index contributed by atoms with van der Waals surface area (Å²) in [7, 11) is 0. The van der Waals surface area contributed by atoms with E-state index in [-0.39, 0.29) is 17.7 Å². The average Bonchev–Trinajstić information content (AvgIpc) is 2.54. The van der Waals surface area contributed by atoms with Crippen LogP contribution in [0.25, 0.3) is 6.08 Å². The van der Waals surface area contributed by atoms with Gasteiger partial charge in [-0.25, -0.2) is 0 Å². The van der Waals surface area contributed by atoms with Crippen molar-refractivity contribution < 1.29 is 14.5 Å². The third-order valence-corrected chi connectivity index (χ3v) is 3.04. The number of nitro groups is 1. The number of anilines is 1. The first kappa shape index (κ1) is 17.2. The zero-order chi connectivity index (χ0) is 17.5. The Morgan fingerprint density at radius 1 is 1.17 bits per heavy atom. The highest BCUT2D eigenvalue weighted by molar-refractivity contribution is 6.02. The van der Waals surface area contributed by atoms with Gasteiger partial charge in [-0.15, -0.1) is 0 Å². The predicted octanol–water partition coefficient (Wildman–Crippen LogP) is 4.03. The Balaban J connectivity index is 2.02. The summed E-state index contributed by atoms with van der Waals surface area (Å²) in [5.74, 6) is 0.351. The highest BCUT2D eigenvalue weighted by atomic mass is 16.6. The van der Waals surface area contributed by atoms with Gasteiger partial charge in [0.15, 0.2) is 0 Å². The van der Waals surface area contributed by atoms with Crippen molar-refractivity contribution >= 4 is 23.4 Å². The molecule has 0 aliphatic heterocycles. The van der Waals surface area contributed by atoms with Crippen LogP contribution in [-0.2, 0) is 4.79 Å². The molecule has 24 heavy (non-hydrogen) atoms. The summed E-state index contributed by atoms with van der Waals surface area (Å²) < 4.78 is 5.52. The third-order valence-electron chi connectivity index (χ3n) is 3.04. The Kier molecular flexibility index (Phi) is 5.68. The number of nitrogens with one attached hydrogen (secondary N) is 1. The van der Waals surface area contributed by atoms with E-state index in [9.17, 15) is 14.9 Å². The first-order valence-electron chi connectivity index (χ1n) is 7.45. The van der Waals surface area contributed by atoms with Crippen LogP contribution >= 0.6 is 0 Å². The van der Waals surface area contributed by atoms with Crippen molar-refractivity contribution in [1.29, 1.82) is 0 Å². The molecule has 0 radical (unpaired) electrons. The van der Waals surface area contributed by atoms with E-state index in [2.05, 4.69) is 5.32 Å². The molecular weight excluding hydrogens is 308 g/mol. The lowest BCUT2D eigenvalue weighted by molar-refractivity contribution is -0.385. The van der Waals surface area contributed by atoms with Gasteiger partial charge in [-0.3, -0.25) is 14.9 Å². The molecule has 6 nitrogen and oxygen atoms in total. The van der Waals surface area contributed by atoms with E-state index >= 15 is 0 Å². The van der Waals surface area contributed by atoms with Crippen molar-refractivity contribution in [2.45, 2.75) is 20.0 Å². The van der Waals surface area contributed by atoms with E-state index in [0.717, 1.165) is 5.75 Å². The van der Waals surface area contributed by atoms with Crippen LogP contribution in [0.4, 0.5) is 11.4 Å². The van der Waals surface area contributed by atoms with Crippen molar-refractivity contribution in [3.8, 4) is 5.75 Å². The minimum absolute atomic E-state index is 0.0447. The summed E-state index contributed by atoms with van der Waals surface area (Å²) >= 11 is 0. The molecule has 0 bridgehead atoms. The molecule has 0 aliphatic carbocycles. The number of hydrogen-bond acceptors (Lipinski definition) is 4. The third kappa shape index (κ3) is 4.95. The second-order valence-electron chi connectivity index (χ2n) is 5.33. The Hall–Kier alpha value is -3.15. The Bertz CT molecular complexity index is 752. The van der Waals surface area contributed by atoms with Gasteiger partial charge < -0.3 is 10.1 Å². The number of amides is 1. The van der Waals surface area contributed by atoms with Crippen LogP contribution in [0.3, 0.4) is 0 Å². The minimum Gasteiger partial charge on any atom is -0.491 e. The normalized spacial score (nSPS) is 10.8. The summed E-state index contributed by atoms with van der Waals surface area (Å²) in [4.78, 5) is 22.4. The SMILES string of the molecule is CC(C)Oc1ccc(NC(=O)/C=C/c2ccccc2[N+](=O)[O-])cc1. The number of hydrogen-bond donors (Lipinski definition) is 1. The van der Waals surface area contributed by atoms with E-state index in [1.165, 1.54) is 18.2 Å². The predicted molar refractivity (Wildman–Crippen MR) is 93.0 cm³/mol. The zero-order valence-corrected chi connectivity index (χ0v) is 13.4. The molecular formula is C18H18N2O4. The largest absolute Gasteiger partial charge is 0.491 e. The van der Waals surface area contributed by atoms with Gasteiger partial charge in [0.05, 0.1) is 16.6 Å². The molecule has 124 valence electrons. The van der Waals surface area contributed by atoms with Crippen LogP contribution in [-0.4, -0.2) is 16.9 Å². The molecule has 0 aromatic heterocycles. The molecule has 0 spiro atoms. The second kappa shape index (κ2) is 7.92. The van der Waals surface area contributed by atoms with Gasteiger partial charge in [0.1, 0.15) is 5.75 Å². The minimum atomic E-state index is -0.481. The molecule has 0 saturated carbocycles. The van der Waals surface area contributed by atoms with Gasteiger partial charge in [0.25, 0.3) is 5.69 Å². The van der Waals surface area contributed by atoms with Gasteiger partial charge in [-0.05, 0) is 50.3 Å². The smallest absolute Gasteiger partial charge is 0.276 e. The molecule has 1 N–H and O–H groups in total. The van der Waals surface area contributed by atoms with Crippen molar-refractivity contribution in [2.24, 2.45) is 0 Å². The number of nitrogens with zero attached hydrogens (tertiary/aromatic N) is 1. The van der Waals surface area contributed by atoms with E-state index < -0.39 is 4.92 Å². The number of benzene rings is 2. The molecule has 2 aromatic carbocycles. The van der Waals surface area contributed by atoms with E-state index in [1.807, 2.05) is 13.8 Å². The maximum atomic E-state index is 11.9. The summed E-state index contributed by atoms with van der Waals surface area (Å²) in [5, 5.41) is 13.6. The number of para-hydroxylation sites is 1. The lowest BCUT2D eigenvalue weighted by Crippen LogP contribution is -2.08. The lowest BCUT2D eigenvalue weighted by Gasteiger charge is -2.10. The maximum absolute atomic E-state index is 11.9. The van der Waals surface area contributed by atoms with Gasteiger partial charge in [-0.1, -0.05) is 12.1 Å². The zero-order valence-electron chi connectivity index (χ0n) is 13.4. The Labute approximate surface area is 139 Å². The molecule has 6 heteroatoms. The van der Waals surface area contributed by atoms with Gasteiger partial charge >= 0.3 is 0 Å². The first-order valence-corrected chi connectivity index (χ1v) is 7.45. The Morgan fingerprint density at radius 2 is 1.83 bits per heavy atom. The van der Waals surface area contributed by atoms with Gasteiger partial charge in [-0.2, -0.15) is 0 Å². The van der Waals surface area contributed by atoms with Crippen LogP contribution < -0.4 is 10.1 Å². The maximum Gasteiger partial charge on any atom is 0.276 e. The van der Waals surface area contributed by atoms with Crippen LogP contribution in [0, 0.1) is 10.1 Å². The van der Waals surface area contributed by atoms with Crippen molar-refractivity contribution in [1.82, 2.24) is 0 Å². The van der Waals surface area contributed by atoms with Gasteiger partial charge in [0.2, 0.25) is 5.91 Å². The molecule has 2 rings (SSSR count). The van der Waals surface area contributed by atoms with Crippen LogP contribution in [0.15, 0.2) is 54.6 Å². The first-order chi connectivity index (χ1) is 11.5. The summed E-state index contributed by atoms with van der Waals surface area (Å²) in [6.07, 6.45) is 2.76. The summed E-state index contributed by atoms with van der Waals surface area (Å²) in [6, 6.07) is 13.2. The lowest BCUT2D eigenvalue weighted by atomic mass is 10.1. The molecule has 0 aliphatic rings. The Morgan fingerprint density at radius 3 is 2.46 bits per heavy atom.